The van der Waals surface area contributed by atoms with E-state index in [0.29, 0.717) is 10.6 Å². The Morgan fingerprint density at radius 2 is 2.27 bits per heavy atom. The SMILES string of the molecule is N#Cc1cn(CCF)c2ccc(Cl)cc12. The van der Waals surface area contributed by atoms with Gasteiger partial charge >= 0.3 is 0 Å². The highest BCUT2D eigenvalue weighted by Crippen LogP contribution is 2.24. The topological polar surface area (TPSA) is 28.7 Å². The van der Waals surface area contributed by atoms with Gasteiger partial charge in [-0.15, -0.1) is 0 Å². The van der Waals surface area contributed by atoms with Crippen LogP contribution in [0.1, 0.15) is 5.56 Å². The first kappa shape index (κ1) is 10.0. The number of aromatic nitrogens is 1. The molecule has 1 aromatic carbocycles. The summed E-state index contributed by atoms with van der Waals surface area (Å²) in [6.45, 7) is -0.183. The van der Waals surface area contributed by atoms with Gasteiger partial charge in [0.2, 0.25) is 0 Å². The van der Waals surface area contributed by atoms with Crippen molar-refractivity contribution >= 4 is 22.5 Å². The molecule has 0 fully saturated rings. The van der Waals surface area contributed by atoms with Crippen LogP contribution in [0.15, 0.2) is 24.4 Å². The van der Waals surface area contributed by atoms with E-state index in [0.717, 1.165) is 10.9 Å². The molecule has 2 nitrogen and oxygen atoms in total. The summed E-state index contributed by atoms with van der Waals surface area (Å²) in [4.78, 5) is 0. The van der Waals surface area contributed by atoms with Crippen LogP contribution in [0.25, 0.3) is 10.9 Å². The lowest BCUT2D eigenvalue weighted by Crippen LogP contribution is -1.96. The molecule has 0 radical (unpaired) electrons. The molecule has 2 rings (SSSR count). The van der Waals surface area contributed by atoms with Gasteiger partial charge in [-0.25, -0.2) is 4.39 Å². The van der Waals surface area contributed by atoms with E-state index in [-0.39, 0.29) is 6.54 Å². The van der Waals surface area contributed by atoms with Gasteiger partial charge in [-0.2, -0.15) is 5.26 Å². The number of alkyl halides is 1. The third-order valence-corrected chi connectivity index (χ3v) is 2.52. The van der Waals surface area contributed by atoms with E-state index in [1.807, 2.05) is 0 Å². The summed E-state index contributed by atoms with van der Waals surface area (Å²) in [5.41, 5.74) is 1.37. The first-order valence-electron chi connectivity index (χ1n) is 4.50. The van der Waals surface area contributed by atoms with Crippen LogP contribution in [-0.2, 0) is 6.54 Å². The first-order valence-corrected chi connectivity index (χ1v) is 4.88. The van der Waals surface area contributed by atoms with E-state index in [1.165, 1.54) is 0 Å². The smallest absolute Gasteiger partial charge is 0.107 e. The van der Waals surface area contributed by atoms with Gasteiger partial charge in [0.1, 0.15) is 12.7 Å². The summed E-state index contributed by atoms with van der Waals surface area (Å²) < 4.78 is 14.0. The fraction of sp³-hybridized carbons (Fsp3) is 0.182. The van der Waals surface area contributed by atoms with Crippen molar-refractivity contribution < 1.29 is 4.39 Å². The van der Waals surface area contributed by atoms with Crippen molar-refractivity contribution in [2.75, 3.05) is 6.67 Å². The van der Waals surface area contributed by atoms with Gasteiger partial charge in [0.25, 0.3) is 0 Å². The molecule has 0 N–H and O–H groups in total. The molecule has 2 aromatic rings. The van der Waals surface area contributed by atoms with Gasteiger partial charge in [-0.05, 0) is 18.2 Å². The highest BCUT2D eigenvalue weighted by atomic mass is 35.5. The van der Waals surface area contributed by atoms with Gasteiger partial charge in [0.15, 0.2) is 0 Å². The van der Waals surface area contributed by atoms with Crippen molar-refractivity contribution in [3.8, 4) is 6.07 Å². The van der Waals surface area contributed by atoms with Gasteiger partial charge in [-0.3, -0.25) is 0 Å². The molecule has 0 unspecified atom stereocenters. The van der Waals surface area contributed by atoms with E-state index in [1.54, 1.807) is 29.0 Å². The highest BCUT2D eigenvalue weighted by Gasteiger charge is 2.07. The molecule has 0 spiro atoms. The predicted octanol–water partition coefficient (Wildman–Crippen LogP) is 3.14. The Bertz CT molecular complexity index is 539. The maximum atomic E-state index is 12.3. The summed E-state index contributed by atoms with van der Waals surface area (Å²) >= 11 is 5.84. The Labute approximate surface area is 91.5 Å². The standard InChI is InChI=1S/C11H8ClFN2/c12-9-1-2-11-10(5-9)8(6-14)7-15(11)4-3-13/h1-2,5,7H,3-4H2. The molecule has 0 aliphatic carbocycles. The van der Waals surface area contributed by atoms with Crippen LogP contribution in [-0.4, -0.2) is 11.2 Å². The fourth-order valence-corrected chi connectivity index (χ4v) is 1.81. The summed E-state index contributed by atoms with van der Waals surface area (Å²) in [6, 6.07) is 7.34. The summed E-state index contributed by atoms with van der Waals surface area (Å²) in [5.74, 6) is 0. The fourth-order valence-electron chi connectivity index (χ4n) is 1.63. The van der Waals surface area contributed by atoms with E-state index < -0.39 is 6.67 Å². The molecule has 0 saturated carbocycles. The Hall–Kier alpha value is -1.53. The second-order valence-electron chi connectivity index (χ2n) is 3.20. The molecule has 4 heteroatoms. The maximum Gasteiger partial charge on any atom is 0.107 e. The molecular formula is C11H8ClFN2. The Morgan fingerprint density at radius 1 is 1.47 bits per heavy atom. The quantitative estimate of drug-likeness (QED) is 0.768. The highest BCUT2D eigenvalue weighted by molar-refractivity contribution is 6.31. The largest absolute Gasteiger partial charge is 0.343 e. The number of halogens is 2. The molecule has 0 aliphatic rings. The molecule has 0 amide bonds. The number of nitriles is 1. The normalized spacial score (nSPS) is 10.5. The summed E-state index contributed by atoms with van der Waals surface area (Å²) in [6.07, 6.45) is 1.65. The zero-order valence-electron chi connectivity index (χ0n) is 7.87. The average molecular weight is 223 g/mol. The number of hydrogen-bond acceptors (Lipinski definition) is 1. The molecule has 0 aliphatic heterocycles. The van der Waals surface area contributed by atoms with Crippen molar-refractivity contribution in [2.24, 2.45) is 0 Å². The lowest BCUT2D eigenvalue weighted by molar-refractivity contribution is 0.451. The maximum absolute atomic E-state index is 12.3. The second-order valence-corrected chi connectivity index (χ2v) is 3.63. The van der Waals surface area contributed by atoms with E-state index in [4.69, 9.17) is 16.9 Å². The molecule has 15 heavy (non-hydrogen) atoms. The van der Waals surface area contributed by atoms with Gasteiger partial charge in [0, 0.05) is 22.1 Å². The molecule has 76 valence electrons. The van der Waals surface area contributed by atoms with Crippen molar-refractivity contribution in [2.45, 2.75) is 6.54 Å². The van der Waals surface area contributed by atoms with Gasteiger partial charge in [-0.1, -0.05) is 11.6 Å². The van der Waals surface area contributed by atoms with Crippen LogP contribution < -0.4 is 0 Å². The predicted molar refractivity (Wildman–Crippen MR) is 57.6 cm³/mol. The lowest BCUT2D eigenvalue weighted by Gasteiger charge is -2.00. The Morgan fingerprint density at radius 3 is 2.93 bits per heavy atom. The van der Waals surface area contributed by atoms with Crippen LogP contribution in [0.3, 0.4) is 0 Å². The number of fused-ring (bicyclic) bond motifs is 1. The van der Waals surface area contributed by atoms with Crippen LogP contribution in [0.2, 0.25) is 5.02 Å². The minimum absolute atomic E-state index is 0.264. The molecule has 0 saturated heterocycles. The van der Waals surface area contributed by atoms with E-state index in [9.17, 15) is 4.39 Å². The molecule has 1 aromatic heterocycles. The Balaban J connectivity index is 2.71. The zero-order chi connectivity index (χ0) is 10.8. The number of rotatable bonds is 2. The monoisotopic (exact) mass is 222 g/mol. The van der Waals surface area contributed by atoms with Crippen LogP contribution in [0.5, 0.6) is 0 Å². The number of aryl methyl sites for hydroxylation is 1. The lowest BCUT2D eigenvalue weighted by atomic mass is 10.2. The molecule has 1 heterocycles. The summed E-state index contributed by atoms with van der Waals surface area (Å²) in [5, 5.41) is 10.3. The van der Waals surface area contributed by atoms with Crippen LogP contribution in [0, 0.1) is 11.3 Å². The molecule has 0 bridgehead atoms. The van der Waals surface area contributed by atoms with Crippen molar-refractivity contribution in [3.05, 3.63) is 35.0 Å². The van der Waals surface area contributed by atoms with Crippen molar-refractivity contribution in [3.63, 3.8) is 0 Å². The van der Waals surface area contributed by atoms with E-state index >= 15 is 0 Å². The minimum Gasteiger partial charge on any atom is -0.343 e. The van der Waals surface area contributed by atoms with Crippen molar-refractivity contribution in [1.29, 1.82) is 5.26 Å². The van der Waals surface area contributed by atoms with Crippen LogP contribution in [0.4, 0.5) is 4.39 Å². The van der Waals surface area contributed by atoms with Crippen molar-refractivity contribution in [1.82, 2.24) is 4.57 Å². The van der Waals surface area contributed by atoms with E-state index in [2.05, 4.69) is 6.07 Å². The average Bonchev–Trinajstić information content (AvgIpc) is 2.56. The Kier molecular flexibility index (Phi) is 2.61. The van der Waals surface area contributed by atoms with Gasteiger partial charge in [0.05, 0.1) is 12.1 Å². The number of benzene rings is 1. The zero-order valence-corrected chi connectivity index (χ0v) is 8.63. The third-order valence-electron chi connectivity index (χ3n) is 2.29. The molecule has 0 atom stereocenters. The van der Waals surface area contributed by atoms with Crippen LogP contribution >= 0.6 is 11.6 Å². The minimum atomic E-state index is -0.447. The number of nitrogens with zero attached hydrogens (tertiary/aromatic N) is 2. The third kappa shape index (κ3) is 1.69. The summed E-state index contributed by atoms with van der Waals surface area (Å²) in [7, 11) is 0. The number of hydrogen-bond donors (Lipinski definition) is 0. The first-order chi connectivity index (χ1) is 7.26. The second kappa shape index (κ2) is 3.92. The van der Waals surface area contributed by atoms with Gasteiger partial charge < -0.3 is 4.57 Å². The molecular weight excluding hydrogens is 215 g/mol.